The molecule has 0 bridgehead atoms. The van der Waals surface area contributed by atoms with Crippen LogP contribution < -0.4 is 19.1 Å². The van der Waals surface area contributed by atoms with Crippen molar-refractivity contribution in [3.05, 3.63) is 77.8 Å². The zero-order valence-electron chi connectivity index (χ0n) is 17.8. The average Bonchev–Trinajstić information content (AvgIpc) is 3.46. The van der Waals surface area contributed by atoms with Crippen molar-refractivity contribution in [2.75, 3.05) is 24.7 Å². The Kier molecular flexibility index (Phi) is 5.26. The van der Waals surface area contributed by atoms with Gasteiger partial charge in [0.15, 0.2) is 11.5 Å². The average molecular weight is 447 g/mol. The van der Waals surface area contributed by atoms with Gasteiger partial charge in [-0.05, 0) is 49.4 Å². The first kappa shape index (κ1) is 20.7. The fourth-order valence-electron chi connectivity index (χ4n) is 4.05. The van der Waals surface area contributed by atoms with Crippen LogP contribution in [-0.2, 0) is 9.59 Å². The van der Waals surface area contributed by atoms with Crippen molar-refractivity contribution >= 4 is 23.1 Å². The van der Waals surface area contributed by atoms with Crippen LogP contribution in [0.25, 0.3) is 5.76 Å². The number of furan rings is 1. The van der Waals surface area contributed by atoms with E-state index in [4.69, 9.17) is 18.6 Å². The molecule has 33 heavy (non-hydrogen) atoms. The van der Waals surface area contributed by atoms with Crippen LogP contribution in [0, 0.1) is 0 Å². The second-order valence-electron chi connectivity index (χ2n) is 7.47. The highest BCUT2D eigenvalue weighted by molar-refractivity contribution is 6.51. The summed E-state index contributed by atoms with van der Waals surface area (Å²) >= 11 is 0. The first-order valence-corrected chi connectivity index (χ1v) is 10.6. The van der Waals surface area contributed by atoms with E-state index in [1.807, 2.05) is 6.92 Å². The van der Waals surface area contributed by atoms with Gasteiger partial charge in [0.25, 0.3) is 11.7 Å². The monoisotopic (exact) mass is 447 g/mol. The number of amides is 1. The zero-order valence-corrected chi connectivity index (χ0v) is 17.8. The Labute approximate surface area is 189 Å². The highest BCUT2D eigenvalue weighted by atomic mass is 16.6. The molecule has 5 rings (SSSR count). The Morgan fingerprint density at radius 2 is 1.88 bits per heavy atom. The van der Waals surface area contributed by atoms with E-state index in [2.05, 4.69) is 0 Å². The minimum Gasteiger partial charge on any atom is -0.507 e. The summed E-state index contributed by atoms with van der Waals surface area (Å²) in [6.07, 6.45) is 1.45. The molecule has 8 nitrogen and oxygen atoms in total. The standard InChI is InChI=1S/C25H21NO7/c1-2-30-17-6-3-5-16(14-17)26-22(19-7-4-10-31-19)21(24(28)25(26)29)23(27)15-8-9-18-20(13-15)33-12-11-32-18/h3-10,13-14,22,27H,2,11-12H2,1H3/b23-21-. The van der Waals surface area contributed by atoms with E-state index in [-0.39, 0.29) is 11.3 Å². The molecular weight excluding hydrogens is 426 g/mol. The van der Waals surface area contributed by atoms with Crippen molar-refractivity contribution in [1.82, 2.24) is 0 Å². The van der Waals surface area contributed by atoms with Gasteiger partial charge in [0.1, 0.15) is 36.5 Å². The van der Waals surface area contributed by atoms with E-state index in [1.54, 1.807) is 54.6 Å². The fourth-order valence-corrected chi connectivity index (χ4v) is 4.05. The molecular formula is C25H21NO7. The summed E-state index contributed by atoms with van der Waals surface area (Å²) in [6, 6.07) is 14.1. The van der Waals surface area contributed by atoms with Gasteiger partial charge in [0.05, 0.1) is 18.4 Å². The maximum atomic E-state index is 13.2. The number of hydrogen-bond donors (Lipinski definition) is 1. The summed E-state index contributed by atoms with van der Waals surface area (Å²) in [5.41, 5.74) is 0.705. The van der Waals surface area contributed by atoms with Crippen molar-refractivity contribution in [3.63, 3.8) is 0 Å². The molecule has 2 aliphatic rings. The maximum absolute atomic E-state index is 13.2. The third-order valence-electron chi connectivity index (χ3n) is 5.48. The molecule has 2 aliphatic heterocycles. The second-order valence-corrected chi connectivity index (χ2v) is 7.47. The number of nitrogens with zero attached hydrogens (tertiary/aromatic N) is 1. The van der Waals surface area contributed by atoms with Gasteiger partial charge in [-0.25, -0.2) is 0 Å². The van der Waals surface area contributed by atoms with Crippen molar-refractivity contribution in [3.8, 4) is 17.2 Å². The van der Waals surface area contributed by atoms with Gasteiger partial charge >= 0.3 is 0 Å². The van der Waals surface area contributed by atoms with Gasteiger partial charge in [-0.15, -0.1) is 0 Å². The molecule has 1 N–H and O–H groups in total. The Bertz CT molecular complexity index is 1250. The van der Waals surface area contributed by atoms with E-state index in [0.29, 0.717) is 54.1 Å². The number of rotatable bonds is 5. The molecule has 8 heteroatoms. The van der Waals surface area contributed by atoms with Crippen molar-refractivity contribution in [1.29, 1.82) is 0 Å². The number of ketones is 1. The Morgan fingerprint density at radius 1 is 1.06 bits per heavy atom. The van der Waals surface area contributed by atoms with Gasteiger partial charge in [-0.2, -0.15) is 0 Å². The van der Waals surface area contributed by atoms with Crippen LogP contribution in [0.2, 0.25) is 0 Å². The number of fused-ring (bicyclic) bond motifs is 1. The minimum absolute atomic E-state index is 0.0755. The highest BCUT2D eigenvalue weighted by Gasteiger charge is 2.48. The third-order valence-corrected chi connectivity index (χ3v) is 5.48. The molecule has 0 spiro atoms. The topological polar surface area (TPSA) is 98.4 Å². The zero-order chi connectivity index (χ0) is 22.9. The first-order valence-electron chi connectivity index (χ1n) is 10.6. The van der Waals surface area contributed by atoms with Crippen LogP contribution in [0.15, 0.2) is 70.9 Å². The Balaban J connectivity index is 1.65. The van der Waals surface area contributed by atoms with E-state index >= 15 is 0 Å². The number of carbonyl (C=O) groups is 2. The molecule has 3 aromatic rings. The van der Waals surface area contributed by atoms with Gasteiger partial charge < -0.3 is 23.7 Å². The Morgan fingerprint density at radius 3 is 2.64 bits per heavy atom. The van der Waals surface area contributed by atoms with Crippen LogP contribution >= 0.6 is 0 Å². The molecule has 0 radical (unpaired) electrons. The summed E-state index contributed by atoms with van der Waals surface area (Å²) in [6.45, 7) is 3.12. The minimum atomic E-state index is -0.954. The number of hydrogen-bond acceptors (Lipinski definition) is 7. The summed E-state index contributed by atoms with van der Waals surface area (Å²) in [5, 5.41) is 11.2. The van der Waals surface area contributed by atoms with Crippen LogP contribution in [0.4, 0.5) is 5.69 Å². The molecule has 2 aromatic carbocycles. The molecule has 3 heterocycles. The lowest BCUT2D eigenvalue weighted by Gasteiger charge is -2.24. The van der Waals surface area contributed by atoms with Crippen LogP contribution in [-0.4, -0.2) is 36.6 Å². The number of anilines is 1. The SMILES string of the molecule is CCOc1cccc(N2C(=O)C(=O)/C(=C(\O)c3ccc4c(c3)OCCO4)C2c2ccco2)c1. The van der Waals surface area contributed by atoms with Crippen LogP contribution in [0.1, 0.15) is 24.3 Å². The summed E-state index contributed by atoms with van der Waals surface area (Å²) in [4.78, 5) is 27.6. The fraction of sp³-hybridized carbons (Fsp3) is 0.200. The van der Waals surface area contributed by atoms with Crippen LogP contribution in [0.3, 0.4) is 0 Å². The van der Waals surface area contributed by atoms with Gasteiger partial charge in [-0.3, -0.25) is 14.5 Å². The van der Waals surface area contributed by atoms with Gasteiger partial charge in [0, 0.05) is 17.3 Å². The lowest BCUT2D eigenvalue weighted by atomic mass is 9.99. The molecule has 168 valence electrons. The van der Waals surface area contributed by atoms with Gasteiger partial charge in [0.2, 0.25) is 0 Å². The van der Waals surface area contributed by atoms with Crippen molar-refractivity contribution in [2.24, 2.45) is 0 Å². The largest absolute Gasteiger partial charge is 0.507 e. The molecule has 0 saturated carbocycles. The third kappa shape index (κ3) is 3.59. The lowest BCUT2D eigenvalue weighted by Crippen LogP contribution is -2.29. The molecule has 1 fully saturated rings. The normalized spacial score (nSPS) is 19.1. The molecule has 1 aromatic heterocycles. The van der Waals surface area contributed by atoms with E-state index in [1.165, 1.54) is 11.2 Å². The first-order chi connectivity index (χ1) is 16.1. The number of Topliss-reactive ketones (excluding diaryl/α,β-unsaturated/α-hetero) is 1. The van der Waals surface area contributed by atoms with Crippen molar-refractivity contribution in [2.45, 2.75) is 13.0 Å². The summed E-state index contributed by atoms with van der Waals surface area (Å²) in [5.74, 6) is -0.00552. The van der Waals surface area contributed by atoms with Crippen LogP contribution in [0.5, 0.6) is 17.2 Å². The second kappa shape index (κ2) is 8.38. The molecule has 1 unspecified atom stereocenters. The summed E-state index contributed by atoms with van der Waals surface area (Å²) in [7, 11) is 0. The Hall–Kier alpha value is -4.20. The molecule has 0 aliphatic carbocycles. The van der Waals surface area contributed by atoms with E-state index < -0.39 is 17.7 Å². The van der Waals surface area contributed by atoms with Crippen molar-refractivity contribution < 1.29 is 33.3 Å². The number of aliphatic hydroxyl groups is 1. The van der Waals surface area contributed by atoms with E-state index in [9.17, 15) is 14.7 Å². The number of carbonyl (C=O) groups excluding carboxylic acids is 2. The predicted molar refractivity (Wildman–Crippen MR) is 119 cm³/mol. The summed E-state index contributed by atoms with van der Waals surface area (Å²) < 4.78 is 22.3. The number of ether oxygens (including phenoxy) is 3. The highest BCUT2D eigenvalue weighted by Crippen LogP contribution is 2.43. The number of benzene rings is 2. The molecule has 1 atom stereocenters. The predicted octanol–water partition coefficient (Wildman–Crippen LogP) is 4.08. The smallest absolute Gasteiger partial charge is 0.300 e. The quantitative estimate of drug-likeness (QED) is 0.358. The molecule has 1 saturated heterocycles. The van der Waals surface area contributed by atoms with E-state index in [0.717, 1.165) is 0 Å². The lowest BCUT2D eigenvalue weighted by molar-refractivity contribution is -0.132. The maximum Gasteiger partial charge on any atom is 0.300 e. The molecule has 1 amide bonds. The number of aliphatic hydroxyl groups excluding tert-OH is 1. The van der Waals surface area contributed by atoms with Gasteiger partial charge in [-0.1, -0.05) is 6.07 Å².